The molecule has 0 bridgehead atoms. The molecular weight excluding hydrogens is 308 g/mol. The quantitative estimate of drug-likeness (QED) is 0.741. The van der Waals surface area contributed by atoms with Crippen molar-refractivity contribution < 1.29 is 19.4 Å². The van der Waals surface area contributed by atoms with Gasteiger partial charge in [0.1, 0.15) is 12.4 Å². The van der Waals surface area contributed by atoms with Crippen LogP contribution < -0.4 is 10.1 Å². The molecule has 1 unspecified atom stereocenters. The van der Waals surface area contributed by atoms with Crippen molar-refractivity contribution in [2.24, 2.45) is 5.92 Å². The van der Waals surface area contributed by atoms with Crippen LogP contribution in [0.25, 0.3) is 0 Å². The Morgan fingerprint density at radius 2 is 2.04 bits per heavy atom. The Kier molecular flexibility index (Phi) is 6.61. The maximum atomic E-state index is 12.0. The summed E-state index contributed by atoms with van der Waals surface area (Å²) in [4.78, 5) is 24.9. The number of carboxylic acid groups (broad SMARTS) is 1. The molecule has 24 heavy (non-hydrogen) atoms. The lowest BCUT2D eigenvalue weighted by molar-refractivity contribution is -0.144. The molecule has 0 aliphatic carbocycles. The number of likely N-dealkylation sites (tertiary alicyclic amines) is 1. The second-order valence-electron chi connectivity index (χ2n) is 6.33. The number of aryl methyl sites for hydroxylation is 2. The van der Waals surface area contributed by atoms with E-state index in [4.69, 9.17) is 9.84 Å². The predicted octanol–water partition coefficient (Wildman–Crippen LogP) is 1.60. The minimum atomic E-state index is -0.776. The topological polar surface area (TPSA) is 78.9 Å². The summed E-state index contributed by atoms with van der Waals surface area (Å²) in [5.74, 6) is -0.362. The molecule has 1 fully saturated rings. The summed E-state index contributed by atoms with van der Waals surface area (Å²) >= 11 is 0. The number of hydrogen-bond donors (Lipinski definition) is 2. The molecule has 1 saturated heterocycles. The molecule has 0 saturated carbocycles. The van der Waals surface area contributed by atoms with Gasteiger partial charge in [-0.15, -0.1) is 0 Å². The molecule has 0 spiro atoms. The molecule has 1 heterocycles. The number of piperidine rings is 1. The normalized spacial score (nSPS) is 18.2. The van der Waals surface area contributed by atoms with Crippen molar-refractivity contribution in [3.05, 3.63) is 29.3 Å². The number of hydrogen-bond acceptors (Lipinski definition) is 4. The van der Waals surface area contributed by atoms with Crippen molar-refractivity contribution in [2.45, 2.75) is 26.7 Å². The van der Waals surface area contributed by atoms with Crippen LogP contribution >= 0.6 is 0 Å². The average molecular weight is 334 g/mol. The van der Waals surface area contributed by atoms with E-state index in [0.717, 1.165) is 29.8 Å². The number of carbonyl (C=O) groups is 2. The standard InChI is InChI=1S/C18H26N2O4/c1-13-5-3-6-14(2)17(13)24-10-8-19-16(21)12-20-9-4-7-15(11-20)18(22)23/h3,5-6,15H,4,7-12H2,1-2H3,(H,19,21)(H,22,23). The first-order valence-electron chi connectivity index (χ1n) is 8.38. The number of carboxylic acids is 1. The number of carbonyl (C=O) groups excluding carboxylic acids is 1. The zero-order chi connectivity index (χ0) is 17.5. The summed E-state index contributed by atoms with van der Waals surface area (Å²) in [5, 5.41) is 11.9. The van der Waals surface area contributed by atoms with Gasteiger partial charge in [-0.25, -0.2) is 0 Å². The van der Waals surface area contributed by atoms with E-state index in [1.165, 1.54) is 0 Å². The van der Waals surface area contributed by atoms with Crippen LogP contribution in [0.1, 0.15) is 24.0 Å². The molecule has 1 aromatic carbocycles. The lowest BCUT2D eigenvalue weighted by atomic mass is 9.98. The number of para-hydroxylation sites is 1. The van der Waals surface area contributed by atoms with Gasteiger partial charge in [-0.1, -0.05) is 18.2 Å². The number of benzene rings is 1. The van der Waals surface area contributed by atoms with Gasteiger partial charge < -0.3 is 15.2 Å². The minimum Gasteiger partial charge on any atom is -0.491 e. The number of amides is 1. The number of nitrogens with zero attached hydrogens (tertiary/aromatic N) is 1. The third kappa shape index (κ3) is 5.23. The molecule has 6 nitrogen and oxygen atoms in total. The van der Waals surface area contributed by atoms with Crippen LogP contribution in [-0.2, 0) is 9.59 Å². The Labute approximate surface area is 142 Å². The molecule has 6 heteroatoms. The maximum absolute atomic E-state index is 12.0. The second kappa shape index (κ2) is 8.68. The Morgan fingerprint density at radius 3 is 2.71 bits per heavy atom. The zero-order valence-electron chi connectivity index (χ0n) is 14.4. The van der Waals surface area contributed by atoms with E-state index >= 15 is 0 Å². The summed E-state index contributed by atoms with van der Waals surface area (Å²) in [6, 6.07) is 5.98. The summed E-state index contributed by atoms with van der Waals surface area (Å²) in [5.41, 5.74) is 2.16. The molecule has 2 N–H and O–H groups in total. The van der Waals surface area contributed by atoms with E-state index < -0.39 is 5.97 Å². The number of rotatable bonds is 7. The molecule has 132 valence electrons. The first kappa shape index (κ1) is 18.3. The first-order chi connectivity index (χ1) is 11.5. The van der Waals surface area contributed by atoms with Crippen LogP contribution in [0.15, 0.2) is 18.2 Å². The molecule has 2 rings (SSSR count). The minimum absolute atomic E-state index is 0.0915. The van der Waals surface area contributed by atoms with E-state index in [1.54, 1.807) is 0 Å². The number of aliphatic carboxylic acids is 1. The van der Waals surface area contributed by atoms with E-state index in [0.29, 0.717) is 26.1 Å². The Balaban J connectivity index is 1.69. The van der Waals surface area contributed by atoms with Gasteiger partial charge in [-0.3, -0.25) is 14.5 Å². The van der Waals surface area contributed by atoms with Gasteiger partial charge in [0.05, 0.1) is 19.0 Å². The second-order valence-corrected chi connectivity index (χ2v) is 6.33. The zero-order valence-corrected chi connectivity index (χ0v) is 14.4. The molecule has 1 atom stereocenters. The van der Waals surface area contributed by atoms with Crippen molar-refractivity contribution in [3.63, 3.8) is 0 Å². The van der Waals surface area contributed by atoms with Crippen molar-refractivity contribution in [2.75, 3.05) is 32.8 Å². The fraction of sp³-hybridized carbons (Fsp3) is 0.556. The Bertz CT molecular complexity index is 568. The first-order valence-corrected chi connectivity index (χ1v) is 8.38. The number of ether oxygens (including phenoxy) is 1. The molecule has 1 aliphatic heterocycles. The highest BCUT2D eigenvalue weighted by atomic mass is 16.5. The van der Waals surface area contributed by atoms with Crippen molar-refractivity contribution in [1.29, 1.82) is 0 Å². The van der Waals surface area contributed by atoms with Gasteiger partial charge in [0, 0.05) is 6.54 Å². The van der Waals surface area contributed by atoms with Crippen LogP contribution in [0.5, 0.6) is 5.75 Å². The van der Waals surface area contributed by atoms with Crippen molar-refractivity contribution in [3.8, 4) is 5.75 Å². The van der Waals surface area contributed by atoms with Crippen LogP contribution in [0.4, 0.5) is 0 Å². The predicted molar refractivity (Wildman–Crippen MR) is 91.2 cm³/mol. The molecule has 1 amide bonds. The Morgan fingerprint density at radius 1 is 1.33 bits per heavy atom. The smallest absolute Gasteiger partial charge is 0.307 e. The third-order valence-corrected chi connectivity index (χ3v) is 4.30. The van der Waals surface area contributed by atoms with Gasteiger partial charge in [-0.2, -0.15) is 0 Å². The van der Waals surface area contributed by atoms with Gasteiger partial charge in [0.2, 0.25) is 5.91 Å². The van der Waals surface area contributed by atoms with Gasteiger partial charge in [-0.05, 0) is 44.4 Å². The van der Waals surface area contributed by atoms with E-state index in [-0.39, 0.29) is 18.4 Å². The lowest BCUT2D eigenvalue weighted by Crippen LogP contribution is -2.44. The fourth-order valence-electron chi connectivity index (χ4n) is 3.03. The molecule has 0 radical (unpaired) electrons. The van der Waals surface area contributed by atoms with Crippen LogP contribution in [0.2, 0.25) is 0 Å². The monoisotopic (exact) mass is 334 g/mol. The summed E-state index contributed by atoms with van der Waals surface area (Å²) in [6.07, 6.45) is 1.51. The highest BCUT2D eigenvalue weighted by molar-refractivity contribution is 5.78. The highest BCUT2D eigenvalue weighted by Gasteiger charge is 2.26. The Hall–Kier alpha value is -2.08. The fourth-order valence-corrected chi connectivity index (χ4v) is 3.03. The molecule has 0 aromatic heterocycles. The van der Waals surface area contributed by atoms with Gasteiger partial charge >= 0.3 is 5.97 Å². The highest BCUT2D eigenvalue weighted by Crippen LogP contribution is 2.21. The SMILES string of the molecule is Cc1cccc(C)c1OCCNC(=O)CN1CCCC(C(=O)O)C1. The molecular formula is C18H26N2O4. The van der Waals surface area contributed by atoms with Crippen molar-refractivity contribution in [1.82, 2.24) is 10.2 Å². The maximum Gasteiger partial charge on any atom is 0.307 e. The van der Waals surface area contributed by atoms with E-state index in [9.17, 15) is 9.59 Å². The van der Waals surface area contributed by atoms with E-state index in [2.05, 4.69) is 5.32 Å². The number of nitrogens with one attached hydrogen (secondary N) is 1. The van der Waals surface area contributed by atoms with Crippen LogP contribution in [0.3, 0.4) is 0 Å². The third-order valence-electron chi connectivity index (χ3n) is 4.30. The molecule has 1 aliphatic rings. The summed E-state index contributed by atoms with van der Waals surface area (Å²) in [7, 11) is 0. The van der Waals surface area contributed by atoms with Crippen molar-refractivity contribution >= 4 is 11.9 Å². The summed E-state index contributed by atoms with van der Waals surface area (Å²) in [6.45, 7) is 6.30. The largest absolute Gasteiger partial charge is 0.491 e. The lowest BCUT2D eigenvalue weighted by Gasteiger charge is -2.29. The van der Waals surface area contributed by atoms with Crippen LogP contribution in [0, 0.1) is 19.8 Å². The van der Waals surface area contributed by atoms with Gasteiger partial charge in [0.25, 0.3) is 0 Å². The molecule has 1 aromatic rings. The van der Waals surface area contributed by atoms with Gasteiger partial charge in [0.15, 0.2) is 0 Å². The average Bonchev–Trinajstić information content (AvgIpc) is 2.54. The van der Waals surface area contributed by atoms with Crippen LogP contribution in [-0.4, -0.2) is 54.7 Å². The van der Waals surface area contributed by atoms with E-state index in [1.807, 2.05) is 36.9 Å². The summed E-state index contributed by atoms with van der Waals surface area (Å²) < 4.78 is 5.75.